The van der Waals surface area contributed by atoms with Crippen LogP contribution in [0, 0.1) is 0 Å². The maximum Gasteiger partial charge on any atom is 0.162 e. The van der Waals surface area contributed by atoms with Gasteiger partial charge in [-0.15, -0.1) is 11.6 Å². The van der Waals surface area contributed by atoms with Gasteiger partial charge >= 0.3 is 0 Å². The summed E-state index contributed by atoms with van der Waals surface area (Å²) in [4.78, 5) is 0. The minimum absolute atomic E-state index is 0.0582. The van der Waals surface area contributed by atoms with Crippen LogP contribution in [0.2, 0.25) is 0 Å². The first kappa shape index (κ1) is 9.62. The van der Waals surface area contributed by atoms with Gasteiger partial charge in [0.15, 0.2) is 11.5 Å². The average molecular weight is 214 g/mol. The van der Waals surface area contributed by atoms with E-state index in [2.05, 4.69) is 0 Å². The van der Waals surface area contributed by atoms with Crippen molar-refractivity contribution in [1.82, 2.24) is 0 Å². The van der Waals surface area contributed by atoms with E-state index in [1.54, 1.807) is 0 Å². The zero-order chi connectivity index (χ0) is 9.97. The van der Waals surface area contributed by atoms with E-state index in [9.17, 15) is 0 Å². The van der Waals surface area contributed by atoms with Gasteiger partial charge in [0.2, 0.25) is 0 Å². The van der Waals surface area contributed by atoms with Crippen LogP contribution in [0.25, 0.3) is 0 Å². The molecule has 2 N–H and O–H groups in total. The SMILES string of the molecule is NCc1ccc2c(c1)OC(CCl)CO2. The van der Waals surface area contributed by atoms with Crippen molar-refractivity contribution in [3.05, 3.63) is 23.8 Å². The van der Waals surface area contributed by atoms with Crippen molar-refractivity contribution < 1.29 is 9.47 Å². The smallest absolute Gasteiger partial charge is 0.162 e. The van der Waals surface area contributed by atoms with Gasteiger partial charge in [-0.1, -0.05) is 6.07 Å². The van der Waals surface area contributed by atoms with Gasteiger partial charge in [-0.3, -0.25) is 0 Å². The molecular weight excluding hydrogens is 202 g/mol. The Kier molecular flexibility index (Phi) is 2.79. The Morgan fingerprint density at radius 3 is 3.00 bits per heavy atom. The van der Waals surface area contributed by atoms with Crippen molar-refractivity contribution >= 4 is 11.6 Å². The number of rotatable bonds is 2. The molecule has 1 aliphatic heterocycles. The van der Waals surface area contributed by atoms with E-state index in [-0.39, 0.29) is 6.10 Å². The maximum absolute atomic E-state index is 5.69. The zero-order valence-electron chi connectivity index (χ0n) is 7.70. The summed E-state index contributed by atoms with van der Waals surface area (Å²) in [5.74, 6) is 1.94. The second-order valence-corrected chi connectivity index (χ2v) is 3.50. The first-order chi connectivity index (χ1) is 6.83. The van der Waals surface area contributed by atoms with Crippen molar-refractivity contribution in [3.8, 4) is 11.5 Å². The number of alkyl halides is 1. The summed E-state index contributed by atoms with van der Waals surface area (Å²) in [5, 5.41) is 0. The molecule has 0 aromatic heterocycles. The monoisotopic (exact) mass is 213 g/mol. The lowest BCUT2D eigenvalue weighted by atomic mass is 10.2. The van der Waals surface area contributed by atoms with Gasteiger partial charge in [0.25, 0.3) is 0 Å². The normalized spacial score (nSPS) is 19.4. The van der Waals surface area contributed by atoms with Crippen molar-refractivity contribution in [2.75, 3.05) is 12.5 Å². The van der Waals surface area contributed by atoms with E-state index in [0.29, 0.717) is 19.0 Å². The Morgan fingerprint density at radius 2 is 2.29 bits per heavy atom. The second-order valence-electron chi connectivity index (χ2n) is 3.19. The molecule has 0 radical (unpaired) electrons. The molecule has 1 unspecified atom stereocenters. The summed E-state index contributed by atoms with van der Waals surface area (Å²) in [6, 6.07) is 5.71. The third kappa shape index (κ3) is 1.79. The van der Waals surface area contributed by atoms with Gasteiger partial charge < -0.3 is 15.2 Å². The summed E-state index contributed by atoms with van der Waals surface area (Å²) >= 11 is 5.69. The highest BCUT2D eigenvalue weighted by Crippen LogP contribution is 2.32. The van der Waals surface area contributed by atoms with Gasteiger partial charge in [-0.05, 0) is 17.7 Å². The van der Waals surface area contributed by atoms with E-state index in [1.165, 1.54) is 0 Å². The number of benzene rings is 1. The number of ether oxygens (including phenoxy) is 2. The zero-order valence-corrected chi connectivity index (χ0v) is 8.46. The number of halogens is 1. The molecule has 2 rings (SSSR count). The average Bonchev–Trinajstić information content (AvgIpc) is 2.27. The van der Waals surface area contributed by atoms with Crippen LogP contribution in [-0.4, -0.2) is 18.6 Å². The Labute approximate surface area is 87.8 Å². The maximum atomic E-state index is 5.69. The highest BCUT2D eigenvalue weighted by atomic mass is 35.5. The molecule has 0 saturated heterocycles. The van der Waals surface area contributed by atoms with E-state index in [0.717, 1.165) is 17.1 Å². The summed E-state index contributed by atoms with van der Waals surface area (Å²) in [6.45, 7) is 1.01. The molecule has 0 fully saturated rings. The quantitative estimate of drug-likeness (QED) is 0.758. The van der Waals surface area contributed by atoms with Gasteiger partial charge in [0, 0.05) is 6.54 Å². The molecule has 14 heavy (non-hydrogen) atoms. The molecule has 0 bridgehead atoms. The van der Waals surface area contributed by atoms with Crippen LogP contribution in [0.3, 0.4) is 0 Å². The molecule has 1 aromatic rings. The molecule has 0 spiro atoms. The molecule has 0 saturated carbocycles. The fourth-order valence-electron chi connectivity index (χ4n) is 1.36. The number of nitrogens with two attached hydrogens (primary N) is 1. The minimum Gasteiger partial charge on any atom is -0.486 e. The van der Waals surface area contributed by atoms with Crippen molar-refractivity contribution in [2.24, 2.45) is 5.73 Å². The van der Waals surface area contributed by atoms with Crippen molar-refractivity contribution in [3.63, 3.8) is 0 Å². The number of hydrogen-bond acceptors (Lipinski definition) is 3. The molecule has 3 nitrogen and oxygen atoms in total. The fourth-order valence-corrected chi connectivity index (χ4v) is 1.52. The van der Waals surface area contributed by atoms with Gasteiger partial charge in [-0.25, -0.2) is 0 Å². The molecule has 1 aromatic carbocycles. The van der Waals surface area contributed by atoms with Crippen LogP contribution in [0.1, 0.15) is 5.56 Å². The summed E-state index contributed by atoms with van der Waals surface area (Å²) in [6.07, 6.45) is -0.0582. The van der Waals surface area contributed by atoms with Crippen LogP contribution in [0.5, 0.6) is 11.5 Å². The van der Waals surface area contributed by atoms with E-state index >= 15 is 0 Å². The summed E-state index contributed by atoms with van der Waals surface area (Å²) < 4.78 is 11.1. The lowest BCUT2D eigenvalue weighted by Gasteiger charge is -2.25. The van der Waals surface area contributed by atoms with Crippen LogP contribution in [0.4, 0.5) is 0 Å². The number of fused-ring (bicyclic) bond motifs is 1. The third-order valence-electron chi connectivity index (χ3n) is 2.13. The van der Waals surface area contributed by atoms with E-state index in [4.69, 9.17) is 26.8 Å². The molecule has 0 aliphatic carbocycles. The molecule has 1 heterocycles. The summed E-state index contributed by atoms with van der Waals surface area (Å²) in [7, 11) is 0. The minimum atomic E-state index is -0.0582. The third-order valence-corrected chi connectivity index (χ3v) is 2.48. The van der Waals surface area contributed by atoms with Crippen LogP contribution < -0.4 is 15.2 Å². The van der Waals surface area contributed by atoms with Crippen LogP contribution in [0.15, 0.2) is 18.2 Å². The van der Waals surface area contributed by atoms with E-state index < -0.39 is 0 Å². The Hall–Kier alpha value is -0.930. The lowest BCUT2D eigenvalue weighted by molar-refractivity contribution is 0.106. The van der Waals surface area contributed by atoms with Gasteiger partial charge in [0.05, 0.1) is 5.88 Å². The largest absolute Gasteiger partial charge is 0.486 e. The standard InChI is InChI=1S/C10H12ClNO2/c11-4-8-6-13-9-2-1-7(5-12)3-10(9)14-8/h1-3,8H,4-6,12H2. The van der Waals surface area contributed by atoms with Gasteiger partial charge in [0.1, 0.15) is 12.7 Å². The van der Waals surface area contributed by atoms with E-state index in [1.807, 2.05) is 18.2 Å². The van der Waals surface area contributed by atoms with Crippen LogP contribution in [-0.2, 0) is 6.54 Å². The predicted molar refractivity (Wildman–Crippen MR) is 55.0 cm³/mol. The molecule has 1 atom stereocenters. The van der Waals surface area contributed by atoms with Gasteiger partial charge in [-0.2, -0.15) is 0 Å². The number of hydrogen-bond donors (Lipinski definition) is 1. The molecule has 0 amide bonds. The van der Waals surface area contributed by atoms with Crippen molar-refractivity contribution in [2.45, 2.75) is 12.6 Å². The van der Waals surface area contributed by atoms with Crippen molar-refractivity contribution in [1.29, 1.82) is 0 Å². The predicted octanol–water partition coefficient (Wildman–Crippen LogP) is 1.52. The highest BCUT2D eigenvalue weighted by Gasteiger charge is 2.19. The Morgan fingerprint density at radius 1 is 1.43 bits per heavy atom. The second kappa shape index (κ2) is 4.07. The molecule has 4 heteroatoms. The Balaban J connectivity index is 2.25. The fraction of sp³-hybridized carbons (Fsp3) is 0.400. The topological polar surface area (TPSA) is 44.5 Å². The molecule has 76 valence electrons. The first-order valence-electron chi connectivity index (χ1n) is 4.52. The van der Waals surface area contributed by atoms with Crippen LogP contribution >= 0.6 is 11.6 Å². The Bertz CT molecular complexity index is 330. The highest BCUT2D eigenvalue weighted by molar-refractivity contribution is 6.18. The first-order valence-corrected chi connectivity index (χ1v) is 5.05. The molecule has 1 aliphatic rings. The lowest BCUT2D eigenvalue weighted by Crippen LogP contribution is -2.30. The molecular formula is C10H12ClNO2. The summed E-state index contributed by atoms with van der Waals surface area (Å²) in [5.41, 5.74) is 6.56.